The number of aliphatic carboxylic acids is 1. The van der Waals surface area contributed by atoms with Gasteiger partial charge in [0.1, 0.15) is 6.04 Å². The number of nitrogens with one attached hydrogen (secondary N) is 1. The number of amides is 1. The van der Waals surface area contributed by atoms with Crippen LogP contribution in [0.1, 0.15) is 42.9 Å². The van der Waals surface area contributed by atoms with Gasteiger partial charge in [0, 0.05) is 0 Å². The Hall–Kier alpha value is -1.59. The van der Waals surface area contributed by atoms with Crippen molar-refractivity contribution in [3.8, 4) is 0 Å². The highest BCUT2D eigenvalue weighted by atomic mass is 35.5. The van der Waals surface area contributed by atoms with Crippen LogP contribution in [0.15, 0.2) is 24.3 Å². The van der Waals surface area contributed by atoms with Crippen molar-refractivity contribution in [2.45, 2.75) is 44.7 Å². The summed E-state index contributed by atoms with van der Waals surface area (Å²) in [7, 11) is 0. The summed E-state index contributed by atoms with van der Waals surface area (Å²) in [5.74, 6) is -0.390. The molecule has 2 N–H and O–H groups in total. The Morgan fingerprint density at radius 3 is 2.50 bits per heavy atom. The maximum atomic E-state index is 12.4. The standard InChI is InChI=1S/C18H24N2O3.ClH/c1-12-4-6-13(7-5-12)17(14-8-9-14)19-16(21)11-20-10-2-3-15(20)18(22)23;/h4-7,14-15,17H,2-3,8-11H2,1H3,(H,19,21)(H,22,23);1H. The van der Waals surface area contributed by atoms with E-state index in [-0.39, 0.29) is 30.9 Å². The zero-order chi connectivity index (χ0) is 16.4. The molecule has 0 radical (unpaired) electrons. The molecule has 6 heteroatoms. The SMILES string of the molecule is Cc1ccc(C(NC(=O)CN2CCCC2C(=O)O)C2CC2)cc1.Cl. The van der Waals surface area contributed by atoms with Gasteiger partial charge in [-0.05, 0) is 50.6 Å². The molecule has 1 aliphatic carbocycles. The molecule has 5 nitrogen and oxygen atoms in total. The average molecular weight is 353 g/mol. The summed E-state index contributed by atoms with van der Waals surface area (Å²) in [6.07, 6.45) is 3.75. The number of benzene rings is 1. The van der Waals surface area contributed by atoms with Crippen molar-refractivity contribution in [3.63, 3.8) is 0 Å². The van der Waals surface area contributed by atoms with Crippen LogP contribution in [0.4, 0.5) is 0 Å². The van der Waals surface area contributed by atoms with E-state index in [1.807, 2.05) is 6.92 Å². The molecular formula is C18H25ClN2O3. The third kappa shape index (κ3) is 4.48. The second kappa shape index (κ2) is 7.99. The van der Waals surface area contributed by atoms with E-state index in [0.29, 0.717) is 18.9 Å². The highest BCUT2D eigenvalue weighted by Gasteiger charge is 2.35. The fourth-order valence-corrected chi connectivity index (χ4v) is 3.38. The molecule has 1 aromatic rings. The minimum Gasteiger partial charge on any atom is -0.480 e. The maximum absolute atomic E-state index is 12.4. The van der Waals surface area contributed by atoms with E-state index in [0.717, 1.165) is 24.8 Å². The molecule has 0 spiro atoms. The van der Waals surface area contributed by atoms with Crippen molar-refractivity contribution in [3.05, 3.63) is 35.4 Å². The minimum absolute atomic E-state index is 0. The molecule has 24 heavy (non-hydrogen) atoms. The molecule has 3 rings (SSSR count). The van der Waals surface area contributed by atoms with Crippen LogP contribution < -0.4 is 5.32 Å². The highest BCUT2D eigenvalue weighted by molar-refractivity contribution is 5.85. The molecule has 2 unspecified atom stereocenters. The van der Waals surface area contributed by atoms with Crippen LogP contribution in [-0.4, -0.2) is 41.0 Å². The zero-order valence-electron chi connectivity index (χ0n) is 13.9. The van der Waals surface area contributed by atoms with Gasteiger partial charge in [-0.2, -0.15) is 0 Å². The van der Waals surface area contributed by atoms with E-state index in [1.54, 1.807) is 4.90 Å². The predicted molar refractivity (Wildman–Crippen MR) is 94.3 cm³/mol. The van der Waals surface area contributed by atoms with E-state index in [4.69, 9.17) is 0 Å². The van der Waals surface area contributed by atoms with Crippen LogP contribution in [0.3, 0.4) is 0 Å². The van der Waals surface area contributed by atoms with Gasteiger partial charge in [0.25, 0.3) is 0 Å². The number of carbonyl (C=O) groups excluding carboxylic acids is 1. The Morgan fingerprint density at radius 1 is 1.25 bits per heavy atom. The van der Waals surface area contributed by atoms with E-state index >= 15 is 0 Å². The first-order valence-electron chi connectivity index (χ1n) is 8.37. The summed E-state index contributed by atoms with van der Waals surface area (Å²) in [5, 5.41) is 12.3. The molecule has 132 valence electrons. The summed E-state index contributed by atoms with van der Waals surface area (Å²) in [6.45, 7) is 2.91. The van der Waals surface area contributed by atoms with Gasteiger partial charge < -0.3 is 10.4 Å². The number of halogens is 1. The van der Waals surface area contributed by atoms with Gasteiger partial charge in [0.15, 0.2) is 0 Å². The van der Waals surface area contributed by atoms with Gasteiger partial charge in [0.05, 0.1) is 12.6 Å². The van der Waals surface area contributed by atoms with E-state index < -0.39 is 12.0 Å². The first kappa shape index (κ1) is 18.7. The van der Waals surface area contributed by atoms with Crippen molar-refractivity contribution in [2.24, 2.45) is 5.92 Å². The fourth-order valence-electron chi connectivity index (χ4n) is 3.38. The van der Waals surface area contributed by atoms with Crippen molar-refractivity contribution in [2.75, 3.05) is 13.1 Å². The molecule has 0 aromatic heterocycles. The van der Waals surface area contributed by atoms with Crippen molar-refractivity contribution in [1.82, 2.24) is 10.2 Å². The molecule has 1 amide bonds. The van der Waals surface area contributed by atoms with E-state index in [9.17, 15) is 14.7 Å². The lowest BCUT2D eigenvalue weighted by atomic mass is 10.0. The number of hydrogen-bond donors (Lipinski definition) is 2. The number of likely N-dealkylation sites (tertiary alicyclic amines) is 1. The lowest BCUT2D eigenvalue weighted by Gasteiger charge is -2.23. The molecule has 2 fully saturated rings. The van der Waals surface area contributed by atoms with Crippen LogP contribution in [0, 0.1) is 12.8 Å². The number of carbonyl (C=O) groups is 2. The van der Waals surface area contributed by atoms with Crippen LogP contribution in [-0.2, 0) is 9.59 Å². The number of aryl methyl sites for hydroxylation is 1. The van der Waals surface area contributed by atoms with E-state index in [2.05, 4.69) is 29.6 Å². The van der Waals surface area contributed by atoms with Gasteiger partial charge in [-0.3, -0.25) is 14.5 Å². The Labute approximate surface area is 148 Å². The summed E-state index contributed by atoms with van der Waals surface area (Å²) in [6, 6.07) is 7.83. The van der Waals surface area contributed by atoms with Crippen molar-refractivity contribution >= 4 is 24.3 Å². The predicted octanol–water partition coefficient (Wildman–Crippen LogP) is 2.53. The summed E-state index contributed by atoms with van der Waals surface area (Å²) in [4.78, 5) is 25.4. The first-order valence-corrected chi connectivity index (χ1v) is 8.37. The molecule has 1 saturated heterocycles. The number of rotatable bonds is 6. The molecule has 2 atom stereocenters. The number of carboxylic acids is 1. The second-order valence-corrected chi connectivity index (χ2v) is 6.76. The Balaban J connectivity index is 0.00000208. The third-order valence-electron chi connectivity index (χ3n) is 4.84. The molecule has 2 aliphatic rings. The Bertz CT molecular complexity index is 586. The number of hydrogen-bond acceptors (Lipinski definition) is 3. The van der Waals surface area contributed by atoms with Gasteiger partial charge in [-0.15, -0.1) is 12.4 Å². The number of carboxylic acid groups (broad SMARTS) is 1. The molecule has 1 saturated carbocycles. The van der Waals surface area contributed by atoms with E-state index in [1.165, 1.54) is 5.56 Å². The molecular weight excluding hydrogens is 328 g/mol. The monoisotopic (exact) mass is 352 g/mol. The second-order valence-electron chi connectivity index (χ2n) is 6.76. The Kier molecular flexibility index (Phi) is 6.24. The summed E-state index contributed by atoms with van der Waals surface area (Å²) in [5.41, 5.74) is 2.35. The van der Waals surface area contributed by atoms with Gasteiger partial charge >= 0.3 is 5.97 Å². The molecule has 1 heterocycles. The van der Waals surface area contributed by atoms with Crippen LogP contribution in [0.5, 0.6) is 0 Å². The third-order valence-corrected chi connectivity index (χ3v) is 4.84. The smallest absolute Gasteiger partial charge is 0.320 e. The topological polar surface area (TPSA) is 69.6 Å². The minimum atomic E-state index is -0.826. The quantitative estimate of drug-likeness (QED) is 0.825. The first-order chi connectivity index (χ1) is 11.0. The zero-order valence-corrected chi connectivity index (χ0v) is 14.7. The lowest BCUT2D eigenvalue weighted by molar-refractivity contribution is -0.142. The molecule has 1 aliphatic heterocycles. The largest absolute Gasteiger partial charge is 0.480 e. The molecule has 1 aromatic carbocycles. The highest BCUT2D eigenvalue weighted by Crippen LogP contribution is 2.41. The summed E-state index contributed by atoms with van der Waals surface area (Å²) < 4.78 is 0. The van der Waals surface area contributed by atoms with Crippen molar-refractivity contribution < 1.29 is 14.7 Å². The maximum Gasteiger partial charge on any atom is 0.320 e. The van der Waals surface area contributed by atoms with Gasteiger partial charge in [-0.25, -0.2) is 0 Å². The lowest BCUT2D eigenvalue weighted by Crippen LogP contribution is -2.44. The fraction of sp³-hybridized carbons (Fsp3) is 0.556. The Morgan fingerprint density at radius 2 is 1.92 bits per heavy atom. The van der Waals surface area contributed by atoms with Crippen LogP contribution in [0.2, 0.25) is 0 Å². The normalized spacial score (nSPS) is 21.8. The average Bonchev–Trinajstić information content (AvgIpc) is 3.25. The van der Waals surface area contributed by atoms with Gasteiger partial charge in [-0.1, -0.05) is 29.8 Å². The van der Waals surface area contributed by atoms with Crippen molar-refractivity contribution in [1.29, 1.82) is 0 Å². The summed E-state index contributed by atoms with van der Waals surface area (Å²) >= 11 is 0. The van der Waals surface area contributed by atoms with Gasteiger partial charge in [0.2, 0.25) is 5.91 Å². The van der Waals surface area contributed by atoms with Crippen LogP contribution >= 0.6 is 12.4 Å². The van der Waals surface area contributed by atoms with Crippen LogP contribution in [0.25, 0.3) is 0 Å². The number of nitrogens with zero attached hydrogens (tertiary/aromatic N) is 1. The molecule has 0 bridgehead atoms.